The second kappa shape index (κ2) is 8.42. The molecule has 1 aliphatic carbocycles. The summed E-state index contributed by atoms with van der Waals surface area (Å²) < 4.78 is 7.46. The summed E-state index contributed by atoms with van der Waals surface area (Å²) in [4.78, 5) is 35.8. The molecule has 4 aromatic rings. The number of hydrogen-bond acceptors (Lipinski definition) is 8. The zero-order chi connectivity index (χ0) is 25.0. The Kier molecular flexibility index (Phi) is 5.31. The van der Waals surface area contributed by atoms with E-state index in [2.05, 4.69) is 37.5 Å². The van der Waals surface area contributed by atoms with Gasteiger partial charge in [-0.2, -0.15) is 0 Å². The summed E-state index contributed by atoms with van der Waals surface area (Å²) in [5, 5.41) is 6.60. The van der Waals surface area contributed by atoms with Crippen LogP contribution in [0.1, 0.15) is 38.1 Å². The molecule has 1 fully saturated rings. The number of fused-ring (bicyclic) bond motifs is 2. The van der Waals surface area contributed by atoms with Crippen LogP contribution in [0.2, 0.25) is 0 Å². The van der Waals surface area contributed by atoms with E-state index in [0.717, 1.165) is 46.7 Å². The van der Waals surface area contributed by atoms with Crippen LogP contribution in [0.3, 0.4) is 0 Å². The second-order valence-corrected chi connectivity index (χ2v) is 9.60. The van der Waals surface area contributed by atoms with Crippen molar-refractivity contribution in [3.8, 4) is 22.6 Å². The lowest BCUT2D eigenvalue weighted by molar-refractivity contribution is -0.122. The number of ether oxygens (including phenoxy) is 1. The van der Waals surface area contributed by atoms with Crippen LogP contribution in [0, 0.1) is 6.92 Å². The minimum absolute atomic E-state index is 0.0553. The highest BCUT2D eigenvalue weighted by molar-refractivity contribution is 6.06. The monoisotopic (exact) mass is 484 g/mol. The maximum atomic E-state index is 13.0. The number of aromatic nitrogens is 6. The molecule has 1 saturated carbocycles. The number of benzene rings is 1. The summed E-state index contributed by atoms with van der Waals surface area (Å²) in [6.45, 7) is 6.53. The van der Waals surface area contributed by atoms with Crippen LogP contribution < -0.4 is 10.6 Å². The van der Waals surface area contributed by atoms with Crippen molar-refractivity contribution in [1.29, 1.82) is 0 Å². The van der Waals surface area contributed by atoms with Crippen LogP contribution in [-0.4, -0.2) is 54.6 Å². The largest absolute Gasteiger partial charge is 0.381 e. The van der Waals surface area contributed by atoms with E-state index in [1.54, 1.807) is 25.8 Å². The van der Waals surface area contributed by atoms with Crippen molar-refractivity contribution in [1.82, 2.24) is 34.8 Å². The number of imidazole rings is 1. The van der Waals surface area contributed by atoms with E-state index in [4.69, 9.17) is 9.72 Å². The maximum Gasteiger partial charge on any atom is 0.249 e. The summed E-state index contributed by atoms with van der Waals surface area (Å²) >= 11 is 0. The zero-order valence-corrected chi connectivity index (χ0v) is 20.7. The Bertz CT molecular complexity index is 1480. The predicted molar refractivity (Wildman–Crippen MR) is 135 cm³/mol. The van der Waals surface area contributed by atoms with Gasteiger partial charge in [-0.3, -0.25) is 10.1 Å². The smallest absolute Gasteiger partial charge is 0.249 e. The van der Waals surface area contributed by atoms with Gasteiger partial charge in [0.05, 0.1) is 11.7 Å². The number of carbonyl (C=O) groups is 1. The van der Waals surface area contributed by atoms with Gasteiger partial charge >= 0.3 is 0 Å². The molecule has 3 aromatic heterocycles. The van der Waals surface area contributed by atoms with Gasteiger partial charge in [0.2, 0.25) is 5.91 Å². The van der Waals surface area contributed by atoms with Crippen molar-refractivity contribution in [2.75, 3.05) is 12.4 Å². The molecular formula is C26H28N8O2. The topological polar surface area (TPSA) is 120 Å². The van der Waals surface area contributed by atoms with Crippen LogP contribution >= 0.6 is 0 Å². The number of nitrogens with zero attached hydrogens (tertiary/aromatic N) is 6. The lowest BCUT2D eigenvalue weighted by Crippen LogP contribution is -2.56. The normalized spacial score (nSPS) is 22.9. The third-order valence-corrected chi connectivity index (χ3v) is 7.34. The summed E-state index contributed by atoms with van der Waals surface area (Å²) in [7, 11) is 1.73. The van der Waals surface area contributed by atoms with Crippen molar-refractivity contribution in [2.24, 2.45) is 0 Å². The van der Waals surface area contributed by atoms with Gasteiger partial charge in [-0.15, -0.1) is 0 Å². The molecule has 1 amide bonds. The minimum atomic E-state index is -0.839. The number of aryl methyl sites for hydroxylation is 2. The fourth-order valence-corrected chi connectivity index (χ4v) is 5.19. The first-order valence-corrected chi connectivity index (χ1v) is 12.2. The Morgan fingerprint density at radius 2 is 1.94 bits per heavy atom. The van der Waals surface area contributed by atoms with Gasteiger partial charge in [-0.25, -0.2) is 24.9 Å². The molecule has 184 valence electrons. The van der Waals surface area contributed by atoms with Crippen LogP contribution in [0.15, 0.2) is 36.9 Å². The van der Waals surface area contributed by atoms with Gasteiger partial charge < -0.3 is 14.6 Å². The summed E-state index contributed by atoms with van der Waals surface area (Å²) in [5.41, 5.74) is 4.73. The Balaban J connectivity index is 1.43. The molecule has 6 rings (SSSR count). The van der Waals surface area contributed by atoms with Crippen molar-refractivity contribution >= 4 is 22.8 Å². The van der Waals surface area contributed by atoms with E-state index in [0.29, 0.717) is 23.6 Å². The van der Waals surface area contributed by atoms with Gasteiger partial charge in [0, 0.05) is 48.9 Å². The van der Waals surface area contributed by atoms with E-state index in [1.807, 2.05) is 36.6 Å². The first-order chi connectivity index (χ1) is 17.4. The molecule has 1 aromatic carbocycles. The van der Waals surface area contributed by atoms with Gasteiger partial charge in [0.15, 0.2) is 5.65 Å². The average molecular weight is 485 g/mol. The molecule has 36 heavy (non-hydrogen) atoms. The second-order valence-electron chi connectivity index (χ2n) is 9.60. The number of methoxy groups -OCH3 is 1. The van der Waals surface area contributed by atoms with Crippen LogP contribution in [-0.2, 0) is 21.6 Å². The van der Waals surface area contributed by atoms with Crippen LogP contribution in [0.4, 0.5) is 5.69 Å². The lowest BCUT2D eigenvalue weighted by Gasteiger charge is -2.39. The molecule has 0 saturated heterocycles. The minimum Gasteiger partial charge on any atom is -0.381 e. The Morgan fingerprint density at radius 1 is 1.17 bits per heavy atom. The van der Waals surface area contributed by atoms with Crippen molar-refractivity contribution in [2.45, 2.75) is 57.8 Å². The number of rotatable bonds is 6. The number of anilines is 1. The number of amides is 1. The molecule has 2 aliphatic rings. The third kappa shape index (κ3) is 3.48. The van der Waals surface area contributed by atoms with Crippen LogP contribution in [0.25, 0.3) is 33.8 Å². The van der Waals surface area contributed by atoms with Gasteiger partial charge in [-0.1, -0.05) is 6.07 Å². The standard InChI is InChI=1S/C26H28N8O2/c1-5-34-23(16-11-27-14(2)28-12-16)32-22-21(29-13-30-24(22)34)15-6-7-20-19(8-15)26(3,25(35)31-20)33-17-9-18(10-17)36-4/h6-8,11-13,17-18,33H,5,9-10H2,1-4H3,(H,31,35)/t17-,18-,26-/m1/s1. The fourth-order valence-electron chi connectivity index (χ4n) is 5.19. The third-order valence-electron chi connectivity index (χ3n) is 7.34. The number of hydrogen-bond donors (Lipinski definition) is 2. The average Bonchev–Trinajstić information content (AvgIpc) is 3.36. The van der Waals surface area contributed by atoms with E-state index in [1.165, 1.54) is 0 Å². The first kappa shape index (κ1) is 22.7. The highest BCUT2D eigenvalue weighted by atomic mass is 16.5. The molecule has 0 spiro atoms. The predicted octanol–water partition coefficient (Wildman–Crippen LogP) is 3.21. The first-order valence-electron chi connectivity index (χ1n) is 12.2. The number of nitrogens with one attached hydrogen (secondary N) is 2. The Morgan fingerprint density at radius 3 is 2.67 bits per heavy atom. The SMILES string of the molecule is CCn1c(-c2cnc(C)nc2)nc2c(-c3ccc4c(c3)[C@@](C)(N[C@H]3C[C@H](OC)C3)C(=O)N4)ncnc21. The van der Waals surface area contributed by atoms with E-state index in [-0.39, 0.29) is 18.1 Å². The highest BCUT2D eigenvalue weighted by Gasteiger charge is 2.46. The summed E-state index contributed by atoms with van der Waals surface area (Å²) in [5.74, 6) is 1.40. The van der Waals surface area contributed by atoms with E-state index in [9.17, 15) is 4.79 Å². The molecule has 10 heteroatoms. The molecule has 4 heterocycles. The Labute approximate surface area is 208 Å². The van der Waals surface area contributed by atoms with Gasteiger partial charge in [0.25, 0.3) is 0 Å². The molecule has 2 N–H and O–H groups in total. The molecule has 0 radical (unpaired) electrons. The molecule has 0 unspecified atom stereocenters. The number of carbonyl (C=O) groups excluding carboxylic acids is 1. The van der Waals surface area contributed by atoms with Gasteiger partial charge in [-0.05, 0) is 45.7 Å². The quantitative estimate of drug-likeness (QED) is 0.428. The Hall–Kier alpha value is -3.76. The molecular weight excluding hydrogens is 456 g/mol. The van der Waals surface area contributed by atoms with Crippen molar-refractivity contribution in [3.05, 3.63) is 48.3 Å². The maximum absolute atomic E-state index is 13.0. The summed E-state index contributed by atoms with van der Waals surface area (Å²) in [6, 6.07) is 6.17. The molecule has 1 atom stereocenters. The molecule has 10 nitrogen and oxygen atoms in total. The van der Waals surface area contributed by atoms with Crippen molar-refractivity contribution in [3.63, 3.8) is 0 Å². The van der Waals surface area contributed by atoms with E-state index >= 15 is 0 Å². The lowest BCUT2D eigenvalue weighted by atomic mass is 9.84. The molecule has 0 bridgehead atoms. The molecule has 1 aliphatic heterocycles. The van der Waals surface area contributed by atoms with E-state index < -0.39 is 5.54 Å². The van der Waals surface area contributed by atoms with Gasteiger partial charge in [0.1, 0.15) is 34.7 Å². The van der Waals surface area contributed by atoms with Crippen molar-refractivity contribution < 1.29 is 9.53 Å². The van der Waals surface area contributed by atoms with Crippen LogP contribution in [0.5, 0.6) is 0 Å². The fraction of sp³-hybridized carbons (Fsp3) is 0.385. The zero-order valence-electron chi connectivity index (χ0n) is 20.7. The summed E-state index contributed by atoms with van der Waals surface area (Å²) in [6.07, 6.45) is 7.15. The highest BCUT2D eigenvalue weighted by Crippen LogP contribution is 2.41.